The Bertz CT molecular complexity index is 294. The van der Waals surface area contributed by atoms with Gasteiger partial charge in [0.15, 0.2) is 0 Å². The summed E-state index contributed by atoms with van der Waals surface area (Å²) in [5.74, 6) is 0. The molecule has 0 radical (unpaired) electrons. The summed E-state index contributed by atoms with van der Waals surface area (Å²) in [6.07, 6.45) is 5.05. The molecule has 0 bridgehead atoms. The van der Waals surface area contributed by atoms with Crippen molar-refractivity contribution in [2.45, 2.75) is 45.2 Å². The Labute approximate surface area is 97.8 Å². The minimum Gasteiger partial charge on any atom is -0.383 e. The van der Waals surface area contributed by atoms with Crippen LogP contribution in [0.15, 0.2) is 12.3 Å². The normalized spacial score (nSPS) is 13.3. The zero-order valence-corrected chi connectivity index (χ0v) is 10.5. The molecule has 0 aliphatic carbocycles. The maximum absolute atomic E-state index is 5.89. The zero-order chi connectivity index (χ0) is 12.0. The van der Waals surface area contributed by atoms with Crippen molar-refractivity contribution in [1.29, 1.82) is 0 Å². The molecule has 4 nitrogen and oxygen atoms in total. The summed E-state index contributed by atoms with van der Waals surface area (Å²) >= 11 is 0. The van der Waals surface area contributed by atoms with Crippen LogP contribution in [0.4, 0.5) is 0 Å². The van der Waals surface area contributed by atoms with E-state index in [1.807, 2.05) is 12.3 Å². The first-order valence-corrected chi connectivity index (χ1v) is 5.99. The first-order chi connectivity index (χ1) is 7.71. The molecule has 0 saturated carbocycles. The van der Waals surface area contributed by atoms with E-state index in [-0.39, 0.29) is 6.04 Å². The average Bonchev–Trinajstić information content (AvgIpc) is 2.68. The van der Waals surface area contributed by atoms with Crippen LogP contribution in [0.25, 0.3) is 0 Å². The van der Waals surface area contributed by atoms with E-state index in [2.05, 4.69) is 23.6 Å². The van der Waals surface area contributed by atoms with Crippen LogP contribution >= 0.6 is 0 Å². The molecule has 1 rings (SSSR count). The lowest BCUT2D eigenvalue weighted by Gasteiger charge is -2.13. The molecule has 1 heterocycles. The summed E-state index contributed by atoms with van der Waals surface area (Å²) in [5, 5.41) is 4.56. The van der Waals surface area contributed by atoms with E-state index in [4.69, 9.17) is 10.5 Å². The summed E-state index contributed by atoms with van der Waals surface area (Å²) in [4.78, 5) is 0. The van der Waals surface area contributed by atoms with Crippen LogP contribution in [0.1, 0.15) is 38.4 Å². The molecule has 16 heavy (non-hydrogen) atoms. The number of hydrogen-bond acceptors (Lipinski definition) is 3. The second kappa shape index (κ2) is 6.66. The van der Waals surface area contributed by atoms with Crippen LogP contribution in [0.5, 0.6) is 0 Å². The van der Waals surface area contributed by atoms with Crippen LogP contribution in [-0.4, -0.2) is 29.5 Å². The Morgan fingerprint density at radius 2 is 2.12 bits per heavy atom. The minimum atomic E-state index is 0.0371. The van der Waals surface area contributed by atoms with E-state index in [0.29, 0.717) is 12.6 Å². The molecule has 0 aliphatic heterocycles. The van der Waals surface area contributed by atoms with E-state index >= 15 is 0 Å². The van der Waals surface area contributed by atoms with E-state index in [9.17, 15) is 0 Å². The van der Waals surface area contributed by atoms with Crippen LogP contribution in [0.2, 0.25) is 0 Å². The third kappa shape index (κ3) is 3.61. The molecule has 0 saturated heterocycles. The highest BCUT2D eigenvalue weighted by Gasteiger charge is 2.10. The molecule has 4 heteroatoms. The summed E-state index contributed by atoms with van der Waals surface area (Å²) in [6.45, 7) is 4.95. The van der Waals surface area contributed by atoms with Gasteiger partial charge in [-0.15, -0.1) is 0 Å². The van der Waals surface area contributed by atoms with Gasteiger partial charge in [0.25, 0.3) is 0 Å². The van der Waals surface area contributed by atoms with Crippen molar-refractivity contribution in [3.8, 4) is 0 Å². The third-order valence-electron chi connectivity index (χ3n) is 2.83. The predicted octanol–water partition coefficient (Wildman–Crippen LogP) is 1.76. The minimum absolute atomic E-state index is 0.0371. The van der Waals surface area contributed by atoms with Gasteiger partial charge in [0.1, 0.15) is 0 Å². The van der Waals surface area contributed by atoms with E-state index < -0.39 is 0 Å². The molecule has 0 aliphatic rings. The summed E-state index contributed by atoms with van der Waals surface area (Å²) in [7, 11) is 1.67. The van der Waals surface area contributed by atoms with Gasteiger partial charge < -0.3 is 10.5 Å². The predicted molar refractivity (Wildman–Crippen MR) is 65.4 cm³/mol. The van der Waals surface area contributed by atoms with E-state index in [0.717, 1.165) is 25.0 Å². The van der Waals surface area contributed by atoms with Gasteiger partial charge in [0.05, 0.1) is 18.3 Å². The molecule has 0 fully saturated rings. The van der Waals surface area contributed by atoms with Gasteiger partial charge in [-0.25, -0.2) is 0 Å². The number of ether oxygens (including phenoxy) is 1. The first kappa shape index (κ1) is 13.2. The maximum atomic E-state index is 5.89. The van der Waals surface area contributed by atoms with Gasteiger partial charge in [-0.1, -0.05) is 13.8 Å². The number of methoxy groups -OCH3 is 1. The van der Waals surface area contributed by atoms with Crippen molar-refractivity contribution in [3.63, 3.8) is 0 Å². The smallest absolute Gasteiger partial charge is 0.0641 e. The van der Waals surface area contributed by atoms with Gasteiger partial charge in [-0.3, -0.25) is 4.68 Å². The lowest BCUT2D eigenvalue weighted by atomic mass is 10.2. The number of rotatable bonds is 7. The Balaban J connectivity index is 2.57. The SMILES string of the molecule is CCC(CC)n1ccc(CC(N)COC)n1. The average molecular weight is 225 g/mol. The lowest BCUT2D eigenvalue weighted by Crippen LogP contribution is -2.28. The number of nitrogens with two attached hydrogens (primary N) is 1. The number of aromatic nitrogens is 2. The van der Waals surface area contributed by atoms with Gasteiger partial charge in [0.2, 0.25) is 0 Å². The zero-order valence-electron chi connectivity index (χ0n) is 10.5. The fourth-order valence-corrected chi connectivity index (χ4v) is 1.89. The molecule has 0 aromatic carbocycles. The Morgan fingerprint density at radius 3 is 2.69 bits per heavy atom. The monoisotopic (exact) mass is 225 g/mol. The Morgan fingerprint density at radius 1 is 1.44 bits per heavy atom. The third-order valence-corrected chi connectivity index (χ3v) is 2.83. The van der Waals surface area contributed by atoms with Crippen LogP contribution in [-0.2, 0) is 11.2 Å². The van der Waals surface area contributed by atoms with Crippen molar-refractivity contribution >= 4 is 0 Å². The Kier molecular flexibility index (Phi) is 5.49. The van der Waals surface area contributed by atoms with Gasteiger partial charge in [0, 0.05) is 25.8 Å². The molecule has 2 N–H and O–H groups in total. The molecule has 1 aromatic heterocycles. The van der Waals surface area contributed by atoms with Crippen molar-refractivity contribution in [2.24, 2.45) is 5.73 Å². The fourth-order valence-electron chi connectivity index (χ4n) is 1.89. The maximum Gasteiger partial charge on any atom is 0.0641 e. The molecule has 1 atom stereocenters. The van der Waals surface area contributed by atoms with Crippen LogP contribution in [0.3, 0.4) is 0 Å². The molecule has 1 unspecified atom stereocenters. The second-order valence-electron chi connectivity index (χ2n) is 4.18. The number of nitrogens with zero attached hydrogens (tertiary/aromatic N) is 2. The summed E-state index contributed by atoms with van der Waals surface area (Å²) in [6, 6.07) is 2.59. The highest BCUT2D eigenvalue weighted by molar-refractivity contribution is 5.02. The second-order valence-corrected chi connectivity index (χ2v) is 4.18. The largest absolute Gasteiger partial charge is 0.383 e. The van der Waals surface area contributed by atoms with Crippen LogP contribution in [0, 0.1) is 0 Å². The topological polar surface area (TPSA) is 53.1 Å². The number of hydrogen-bond donors (Lipinski definition) is 1. The van der Waals surface area contributed by atoms with E-state index in [1.54, 1.807) is 7.11 Å². The lowest BCUT2D eigenvalue weighted by molar-refractivity contribution is 0.179. The van der Waals surface area contributed by atoms with Gasteiger partial charge >= 0.3 is 0 Å². The molecular formula is C12H23N3O. The van der Waals surface area contributed by atoms with Crippen molar-refractivity contribution in [3.05, 3.63) is 18.0 Å². The molecule has 1 aromatic rings. The highest BCUT2D eigenvalue weighted by Crippen LogP contribution is 2.14. The van der Waals surface area contributed by atoms with Crippen molar-refractivity contribution in [2.75, 3.05) is 13.7 Å². The Hall–Kier alpha value is -0.870. The molecule has 92 valence electrons. The summed E-state index contributed by atoms with van der Waals surface area (Å²) in [5.41, 5.74) is 6.94. The van der Waals surface area contributed by atoms with Gasteiger partial charge in [-0.2, -0.15) is 5.10 Å². The quantitative estimate of drug-likeness (QED) is 0.769. The van der Waals surface area contributed by atoms with Crippen molar-refractivity contribution in [1.82, 2.24) is 9.78 Å². The molecular weight excluding hydrogens is 202 g/mol. The van der Waals surface area contributed by atoms with Crippen molar-refractivity contribution < 1.29 is 4.74 Å². The summed E-state index contributed by atoms with van der Waals surface area (Å²) < 4.78 is 7.06. The van der Waals surface area contributed by atoms with Crippen LogP contribution < -0.4 is 5.73 Å². The van der Waals surface area contributed by atoms with E-state index in [1.165, 1.54) is 0 Å². The molecule has 0 spiro atoms. The molecule has 0 amide bonds. The first-order valence-electron chi connectivity index (χ1n) is 5.99. The fraction of sp³-hybridized carbons (Fsp3) is 0.750. The standard InChI is InChI=1S/C12H23N3O/c1-4-12(5-2)15-7-6-11(14-15)8-10(13)9-16-3/h6-7,10,12H,4-5,8-9,13H2,1-3H3. The van der Waals surface area contributed by atoms with Gasteiger partial charge in [-0.05, 0) is 18.9 Å². The highest BCUT2D eigenvalue weighted by atomic mass is 16.5.